The number of H-pyrrole nitrogens is 1. The lowest BCUT2D eigenvalue weighted by Crippen LogP contribution is -2.30. The molecule has 2 aromatic rings. The maximum absolute atomic E-state index is 12.3. The molecule has 0 radical (unpaired) electrons. The van der Waals surface area contributed by atoms with Crippen molar-refractivity contribution >= 4 is 29.4 Å². The van der Waals surface area contributed by atoms with Crippen LogP contribution < -0.4 is 4.90 Å². The number of nitriles is 1. The maximum atomic E-state index is 12.3. The maximum Gasteiger partial charge on any atom is 0.267 e. The van der Waals surface area contributed by atoms with Crippen molar-refractivity contribution in [1.29, 1.82) is 5.26 Å². The molecule has 6 nitrogen and oxygen atoms in total. The van der Waals surface area contributed by atoms with Crippen molar-refractivity contribution in [1.82, 2.24) is 10.2 Å². The van der Waals surface area contributed by atoms with Gasteiger partial charge in [0.25, 0.3) is 11.8 Å². The van der Waals surface area contributed by atoms with E-state index in [0.29, 0.717) is 16.2 Å². The smallest absolute Gasteiger partial charge is 0.267 e. The van der Waals surface area contributed by atoms with Gasteiger partial charge in [0.1, 0.15) is 16.7 Å². The summed E-state index contributed by atoms with van der Waals surface area (Å²) in [5.41, 5.74) is 0.871. The molecule has 2 heterocycles. The average Bonchev–Trinajstić information content (AvgIpc) is 2.99. The van der Waals surface area contributed by atoms with Gasteiger partial charge in [0.05, 0.1) is 11.1 Å². The fourth-order valence-corrected chi connectivity index (χ4v) is 2.60. The number of carbonyl (C=O) groups is 2. The zero-order valence-electron chi connectivity index (χ0n) is 10.4. The first-order valence-electron chi connectivity index (χ1n) is 5.69. The van der Waals surface area contributed by atoms with Crippen molar-refractivity contribution in [3.63, 3.8) is 0 Å². The summed E-state index contributed by atoms with van der Waals surface area (Å²) in [6.45, 7) is 0. The molecule has 1 N–H and O–H groups in total. The van der Waals surface area contributed by atoms with E-state index >= 15 is 0 Å². The summed E-state index contributed by atoms with van der Waals surface area (Å²) in [5, 5.41) is 16.2. The second kappa shape index (κ2) is 4.51. The first-order valence-corrected chi connectivity index (χ1v) is 6.91. The topological polar surface area (TPSA) is 89.8 Å². The molecule has 0 saturated heterocycles. The van der Waals surface area contributed by atoms with Gasteiger partial charge in [-0.15, -0.1) is 11.8 Å². The Balaban J connectivity index is 2.15. The zero-order valence-corrected chi connectivity index (χ0v) is 11.2. The lowest BCUT2D eigenvalue weighted by Gasteiger charge is -2.11. The molecule has 20 heavy (non-hydrogen) atoms. The zero-order chi connectivity index (χ0) is 14.3. The summed E-state index contributed by atoms with van der Waals surface area (Å²) in [6.07, 6.45) is 1.77. The fourth-order valence-electron chi connectivity index (χ4n) is 2.12. The van der Waals surface area contributed by atoms with Crippen molar-refractivity contribution in [3.8, 4) is 6.07 Å². The molecule has 3 rings (SSSR count). The second-order valence-corrected chi connectivity index (χ2v) is 4.85. The normalized spacial score (nSPS) is 13.5. The largest absolute Gasteiger partial charge is 0.268 e. The lowest BCUT2D eigenvalue weighted by atomic mass is 10.1. The van der Waals surface area contributed by atoms with E-state index in [4.69, 9.17) is 0 Å². The van der Waals surface area contributed by atoms with Crippen molar-refractivity contribution in [3.05, 3.63) is 41.0 Å². The average molecular weight is 284 g/mol. The predicted molar refractivity (Wildman–Crippen MR) is 72.7 cm³/mol. The van der Waals surface area contributed by atoms with Crippen molar-refractivity contribution in [2.24, 2.45) is 0 Å². The third kappa shape index (κ3) is 1.55. The molecule has 0 saturated carbocycles. The first kappa shape index (κ1) is 12.4. The summed E-state index contributed by atoms with van der Waals surface area (Å²) in [7, 11) is 0. The van der Waals surface area contributed by atoms with Crippen LogP contribution in [0, 0.1) is 11.3 Å². The van der Waals surface area contributed by atoms with Crippen LogP contribution in [0.25, 0.3) is 0 Å². The standard InChI is InChI=1S/C13H8N4O2S/c1-20-11-9(6-14)10(15-16-11)17-12(18)7-4-2-3-5-8(7)13(17)19/h2-5H,1H3,(H,15,16). The number of carbonyl (C=O) groups excluding carboxylic acids is 2. The SMILES string of the molecule is CSc1n[nH]c(N2C(=O)c3ccccc3C2=O)c1C#N. The second-order valence-electron chi connectivity index (χ2n) is 4.06. The van der Waals surface area contributed by atoms with Gasteiger partial charge in [0, 0.05) is 0 Å². The summed E-state index contributed by atoms with van der Waals surface area (Å²) >= 11 is 1.27. The highest BCUT2D eigenvalue weighted by Gasteiger charge is 2.39. The Morgan fingerprint density at radius 3 is 2.35 bits per heavy atom. The van der Waals surface area contributed by atoms with Crippen molar-refractivity contribution in [2.45, 2.75) is 5.03 Å². The van der Waals surface area contributed by atoms with Crippen LogP contribution in [0.15, 0.2) is 29.3 Å². The minimum Gasteiger partial charge on any atom is -0.268 e. The van der Waals surface area contributed by atoms with E-state index in [1.165, 1.54) is 11.8 Å². The van der Waals surface area contributed by atoms with Gasteiger partial charge in [0.15, 0.2) is 5.82 Å². The number of aromatic amines is 1. The number of rotatable bonds is 2. The number of fused-ring (bicyclic) bond motifs is 1. The summed E-state index contributed by atoms with van der Waals surface area (Å²) in [4.78, 5) is 25.6. The molecule has 0 bridgehead atoms. The molecule has 1 aliphatic heterocycles. The van der Waals surface area contributed by atoms with Gasteiger partial charge >= 0.3 is 0 Å². The fraction of sp³-hybridized carbons (Fsp3) is 0.0769. The van der Waals surface area contributed by atoms with E-state index in [0.717, 1.165) is 4.90 Å². The van der Waals surface area contributed by atoms with Crippen LogP contribution in [0.3, 0.4) is 0 Å². The van der Waals surface area contributed by atoms with E-state index in [1.54, 1.807) is 30.5 Å². The number of nitrogens with one attached hydrogen (secondary N) is 1. The molecule has 1 aromatic carbocycles. The molecule has 1 aliphatic rings. The Labute approximate surface area is 118 Å². The van der Waals surface area contributed by atoms with Crippen LogP contribution in [-0.2, 0) is 0 Å². The van der Waals surface area contributed by atoms with E-state index in [2.05, 4.69) is 10.2 Å². The Hall–Kier alpha value is -2.59. The van der Waals surface area contributed by atoms with Gasteiger partial charge in [-0.2, -0.15) is 10.4 Å². The highest BCUT2D eigenvalue weighted by atomic mass is 32.2. The van der Waals surface area contributed by atoms with Crippen LogP contribution in [-0.4, -0.2) is 28.3 Å². The van der Waals surface area contributed by atoms with Crippen molar-refractivity contribution < 1.29 is 9.59 Å². The number of hydrogen-bond acceptors (Lipinski definition) is 5. The molecule has 0 atom stereocenters. The molecule has 2 amide bonds. The van der Waals surface area contributed by atoms with Gasteiger partial charge in [-0.05, 0) is 18.4 Å². The minimum absolute atomic E-state index is 0.128. The monoisotopic (exact) mass is 284 g/mol. The lowest BCUT2D eigenvalue weighted by molar-refractivity contribution is 0.0925. The number of anilines is 1. The van der Waals surface area contributed by atoms with Crippen LogP contribution in [0.2, 0.25) is 0 Å². The summed E-state index contributed by atoms with van der Waals surface area (Å²) < 4.78 is 0. The van der Waals surface area contributed by atoms with E-state index in [9.17, 15) is 14.9 Å². The summed E-state index contributed by atoms with van der Waals surface area (Å²) in [5.74, 6) is -0.764. The molecule has 98 valence electrons. The number of hydrogen-bond donors (Lipinski definition) is 1. The van der Waals surface area contributed by atoms with E-state index in [1.807, 2.05) is 6.07 Å². The molecule has 0 fully saturated rings. The van der Waals surface area contributed by atoms with Gasteiger partial charge in [0.2, 0.25) is 0 Å². The molecule has 1 aromatic heterocycles. The number of thioether (sulfide) groups is 1. The van der Waals surface area contributed by atoms with Gasteiger partial charge in [-0.3, -0.25) is 14.7 Å². The Morgan fingerprint density at radius 1 is 1.25 bits per heavy atom. The third-order valence-electron chi connectivity index (χ3n) is 3.04. The number of aromatic nitrogens is 2. The third-order valence-corrected chi connectivity index (χ3v) is 3.72. The minimum atomic E-state index is -0.446. The van der Waals surface area contributed by atoms with Gasteiger partial charge < -0.3 is 0 Å². The van der Waals surface area contributed by atoms with E-state index < -0.39 is 11.8 Å². The Morgan fingerprint density at radius 2 is 1.85 bits per heavy atom. The van der Waals surface area contributed by atoms with Crippen LogP contribution in [0.5, 0.6) is 0 Å². The highest BCUT2D eigenvalue weighted by Crippen LogP contribution is 2.32. The summed E-state index contributed by atoms with van der Waals surface area (Å²) in [6, 6.07) is 8.55. The van der Waals surface area contributed by atoms with Crippen LogP contribution in [0.4, 0.5) is 5.82 Å². The van der Waals surface area contributed by atoms with Gasteiger partial charge in [-0.25, -0.2) is 4.90 Å². The van der Waals surface area contributed by atoms with Crippen molar-refractivity contribution in [2.75, 3.05) is 11.2 Å². The number of nitrogens with zero attached hydrogens (tertiary/aromatic N) is 3. The molecular formula is C13H8N4O2S. The van der Waals surface area contributed by atoms with Gasteiger partial charge in [-0.1, -0.05) is 12.1 Å². The molecule has 0 spiro atoms. The number of benzene rings is 1. The Kier molecular flexibility index (Phi) is 2.80. The molecule has 0 aliphatic carbocycles. The van der Waals surface area contributed by atoms with E-state index in [-0.39, 0.29) is 11.4 Å². The molecular weight excluding hydrogens is 276 g/mol. The highest BCUT2D eigenvalue weighted by molar-refractivity contribution is 7.98. The van der Waals surface area contributed by atoms with Crippen LogP contribution >= 0.6 is 11.8 Å². The number of amides is 2. The Bertz CT molecular complexity index is 740. The first-order chi connectivity index (χ1) is 9.69. The van der Waals surface area contributed by atoms with Crippen LogP contribution in [0.1, 0.15) is 26.3 Å². The molecule has 7 heteroatoms. The molecule has 0 unspecified atom stereocenters. The number of imide groups is 1. The predicted octanol–water partition coefficient (Wildman–Crippen LogP) is 1.80. The quantitative estimate of drug-likeness (QED) is 0.671.